The van der Waals surface area contributed by atoms with E-state index in [0.717, 1.165) is 27.4 Å². The van der Waals surface area contributed by atoms with Crippen molar-refractivity contribution in [3.05, 3.63) is 57.4 Å². The van der Waals surface area contributed by atoms with Gasteiger partial charge >= 0.3 is 18.2 Å². The van der Waals surface area contributed by atoms with Gasteiger partial charge in [-0.1, -0.05) is 18.1 Å². The molecule has 8 nitrogen and oxygen atoms in total. The average Bonchev–Trinajstić information content (AvgIpc) is 3.45. The van der Waals surface area contributed by atoms with Crippen molar-refractivity contribution in [1.29, 1.82) is 0 Å². The van der Waals surface area contributed by atoms with E-state index in [9.17, 15) is 14.4 Å². The summed E-state index contributed by atoms with van der Waals surface area (Å²) >= 11 is 2.56. The third kappa shape index (κ3) is 7.65. The number of anilines is 1. The predicted molar refractivity (Wildman–Crippen MR) is 144 cm³/mol. The summed E-state index contributed by atoms with van der Waals surface area (Å²) in [6, 6.07) is 8.93. The zero-order valence-electron chi connectivity index (χ0n) is 21.7. The molecule has 10 heteroatoms. The highest BCUT2D eigenvalue weighted by atomic mass is 32.1. The Bertz CT molecular complexity index is 1310. The van der Waals surface area contributed by atoms with Crippen molar-refractivity contribution >= 4 is 46.5 Å². The lowest BCUT2D eigenvalue weighted by Gasteiger charge is -2.28. The Morgan fingerprint density at radius 2 is 1.51 bits per heavy atom. The van der Waals surface area contributed by atoms with Crippen LogP contribution in [0.4, 0.5) is 15.3 Å². The minimum Gasteiger partial charge on any atom is -0.465 e. The van der Waals surface area contributed by atoms with Crippen LogP contribution < -0.4 is 4.90 Å². The molecule has 0 N–H and O–H groups in total. The number of hydrogen-bond acceptors (Lipinski definition) is 9. The van der Waals surface area contributed by atoms with Crippen LogP contribution in [0.1, 0.15) is 62.5 Å². The number of carbonyl (C=O) groups is 3. The van der Waals surface area contributed by atoms with Crippen molar-refractivity contribution in [2.45, 2.75) is 52.7 Å². The highest BCUT2D eigenvalue weighted by Gasteiger charge is 2.36. The number of amides is 2. The number of methoxy groups -OCH3 is 1. The van der Waals surface area contributed by atoms with Crippen LogP contribution in [0.25, 0.3) is 10.4 Å². The predicted octanol–water partition coefficient (Wildman–Crippen LogP) is 6.73. The van der Waals surface area contributed by atoms with Gasteiger partial charge < -0.3 is 14.2 Å². The van der Waals surface area contributed by atoms with Gasteiger partial charge in [-0.3, -0.25) is 0 Å². The first-order valence-corrected chi connectivity index (χ1v) is 13.0. The Balaban J connectivity index is 2.04. The van der Waals surface area contributed by atoms with Crippen molar-refractivity contribution in [1.82, 2.24) is 4.98 Å². The smallest absolute Gasteiger partial charge is 0.424 e. The van der Waals surface area contributed by atoms with Crippen LogP contribution in [0.15, 0.2) is 41.2 Å². The van der Waals surface area contributed by atoms with E-state index in [1.54, 1.807) is 53.1 Å². The number of benzene rings is 1. The summed E-state index contributed by atoms with van der Waals surface area (Å²) in [7, 11) is 1.23. The van der Waals surface area contributed by atoms with Crippen molar-refractivity contribution in [3.63, 3.8) is 0 Å². The highest BCUT2D eigenvalue weighted by Crippen LogP contribution is 2.38. The topological polar surface area (TPSA) is 95.0 Å². The zero-order chi connectivity index (χ0) is 27.4. The number of thiazole rings is 1. The van der Waals surface area contributed by atoms with Crippen LogP contribution in [0.2, 0.25) is 0 Å². The number of aromatic nitrogens is 1. The lowest BCUT2D eigenvalue weighted by Crippen LogP contribution is -2.44. The molecule has 194 valence electrons. The fourth-order valence-electron chi connectivity index (χ4n) is 2.94. The summed E-state index contributed by atoms with van der Waals surface area (Å²) in [5, 5.41) is 1.87. The molecule has 2 amide bonds. The molecule has 2 aromatic heterocycles. The minimum absolute atomic E-state index is 0.0164. The first-order chi connectivity index (χ1) is 17.3. The van der Waals surface area contributed by atoms with Crippen LogP contribution in [-0.2, 0) is 14.2 Å². The van der Waals surface area contributed by atoms with E-state index in [2.05, 4.69) is 16.8 Å². The van der Waals surface area contributed by atoms with Crippen LogP contribution in [0.5, 0.6) is 0 Å². The fraction of sp³-hybridized carbons (Fsp3) is 0.333. The Labute approximate surface area is 224 Å². The van der Waals surface area contributed by atoms with Gasteiger partial charge in [0.25, 0.3) is 0 Å². The van der Waals surface area contributed by atoms with Crippen LogP contribution in [-0.4, -0.2) is 41.5 Å². The van der Waals surface area contributed by atoms with Gasteiger partial charge in [0, 0.05) is 15.8 Å². The molecular formula is C27H28N2O6S2. The number of rotatable bonds is 3. The first kappa shape index (κ1) is 27.9. The van der Waals surface area contributed by atoms with E-state index in [1.807, 2.05) is 29.6 Å². The first-order valence-electron chi connectivity index (χ1n) is 11.3. The van der Waals surface area contributed by atoms with E-state index >= 15 is 0 Å². The van der Waals surface area contributed by atoms with E-state index in [0.29, 0.717) is 10.6 Å². The largest absolute Gasteiger partial charge is 0.465 e. The molecule has 0 aliphatic carbocycles. The Kier molecular flexibility index (Phi) is 8.41. The SMILES string of the molecule is COC(=O)c1sc(-c2ccc(C#Cc3cscn3)cc2)cc1N(C(=O)OC(C)(C)C)C(=O)OC(C)(C)C. The van der Waals surface area contributed by atoms with Gasteiger partial charge in [0.2, 0.25) is 0 Å². The monoisotopic (exact) mass is 540 g/mol. The molecule has 0 saturated heterocycles. The maximum Gasteiger partial charge on any atom is 0.424 e. The lowest BCUT2D eigenvalue weighted by atomic mass is 10.1. The number of thiophene rings is 1. The van der Waals surface area contributed by atoms with Gasteiger partial charge in [-0.25, -0.2) is 19.4 Å². The van der Waals surface area contributed by atoms with Crippen LogP contribution >= 0.6 is 22.7 Å². The number of nitrogens with zero attached hydrogens (tertiary/aromatic N) is 2. The molecule has 37 heavy (non-hydrogen) atoms. The Morgan fingerprint density at radius 3 is 2.00 bits per heavy atom. The van der Waals surface area contributed by atoms with Gasteiger partial charge in [-0.2, -0.15) is 4.90 Å². The van der Waals surface area contributed by atoms with Crippen molar-refractivity contribution in [2.24, 2.45) is 0 Å². The second kappa shape index (κ2) is 11.2. The highest BCUT2D eigenvalue weighted by molar-refractivity contribution is 7.18. The maximum atomic E-state index is 13.1. The van der Waals surface area contributed by atoms with Crippen LogP contribution in [0, 0.1) is 11.8 Å². The molecule has 0 atom stereocenters. The molecule has 0 unspecified atom stereocenters. The van der Waals surface area contributed by atoms with E-state index < -0.39 is 29.4 Å². The average molecular weight is 541 g/mol. The zero-order valence-corrected chi connectivity index (χ0v) is 23.3. The molecule has 1 aromatic carbocycles. The van der Waals surface area contributed by atoms with Crippen LogP contribution in [0.3, 0.4) is 0 Å². The number of hydrogen-bond donors (Lipinski definition) is 0. The van der Waals surface area contributed by atoms with E-state index in [4.69, 9.17) is 14.2 Å². The lowest BCUT2D eigenvalue weighted by molar-refractivity contribution is 0.0431. The van der Waals surface area contributed by atoms with Gasteiger partial charge in [0.1, 0.15) is 21.8 Å². The molecule has 0 aliphatic heterocycles. The minimum atomic E-state index is -0.969. The number of carbonyl (C=O) groups excluding carboxylic acids is 3. The van der Waals surface area contributed by atoms with Gasteiger partial charge in [0.05, 0.1) is 18.3 Å². The second-order valence-electron chi connectivity index (χ2n) is 9.81. The van der Waals surface area contributed by atoms with Gasteiger partial charge in [-0.15, -0.1) is 22.7 Å². The van der Waals surface area contributed by atoms with Gasteiger partial charge in [-0.05, 0) is 71.2 Å². The van der Waals surface area contributed by atoms with Crippen molar-refractivity contribution < 1.29 is 28.6 Å². The summed E-state index contributed by atoms with van der Waals surface area (Å²) in [6.07, 6.45) is -1.94. The molecule has 2 heterocycles. The Hall–Kier alpha value is -3.68. The molecule has 0 aliphatic rings. The summed E-state index contributed by atoms with van der Waals surface area (Å²) in [4.78, 5) is 44.5. The third-order valence-corrected chi connectivity index (χ3v) is 6.15. The summed E-state index contributed by atoms with van der Waals surface area (Å²) in [5.74, 6) is 5.35. The van der Waals surface area contributed by atoms with Gasteiger partial charge in [0.15, 0.2) is 0 Å². The fourth-order valence-corrected chi connectivity index (χ4v) is 4.49. The van der Waals surface area contributed by atoms with Crippen molar-refractivity contribution in [3.8, 4) is 22.3 Å². The third-order valence-electron chi connectivity index (χ3n) is 4.41. The van der Waals surface area contributed by atoms with E-state index in [1.165, 1.54) is 18.4 Å². The summed E-state index contributed by atoms with van der Waals surface area (Å²) in [5.41, 5.74) is 2.19. The molecule has 3 rings (SSSR count). The standard InChI is InChI=1S/C27H28N2O6S2/c1-26(2,3)34-24(31)29(25(32)35-27(4,5)6)20-14-21(37-22(20)23(30)33-7)18-11-8-17(9-12-18)10-13-19-15-36-16-28-19/h8-9,11-12,14-16H,1-7H3. The summed E-state index contributed by atoms with van der Waals surface area (Å²) in [6.45, 7) is 10.1. The molecule has 0 radical (unpaired) electrons. The Morgan fingerprint density at radius 1 is 0.919 bits per heavy atom. The summed E-state index contributed by atoms with van der Waals surface area (Å²) < 4.78 is 15.9. The molecule has 0 fully saturated rings. The van der Waals surface area contributed by atoms with E-state index in [-0.39, 0.29) is 10.6 Å². The number of esters is 1. The van der Waals surface area contributed by atoms with Crippen molar-refractivity contribution in [2.75, 3.05) is 12.0 Å². The molecule has 0 bridgehead atoms. The maximum absolute atomic E-state index is 13.1. The quantitative estimate of drug-likeness (QED) is 0.206. The number of ether oxygens (including phenoxy) is 3. The molecule has 0 saturated carbocycles. The molecule has 0 spiro atoms. The molecular weight excluding hydrogens is 512 g/mol. The number of imide groups is 1. The normalized spacial score (nSPS) is 11.2. The second-order valence-corrected chi connectivity index (χ2v) is 11.6. The molecule has 3 aromatic rings.